The van der Waals surface area contributed by atoms with Gasteiger partial charge in [-0.15, -0.1) is 5.06 Å². The van der Waals surface area contributed by atoms with E-state index in [1.807, 2.05) is 0 Å². The molecule has 2 aliphatic rings. The highest BCUT2D eigenvalue weighted by Gasteiger charge is 2.42. The van der Waals surface area contributed by atoms with Crippen LogP contribution in [0.15, 0.2) is 12.1 Å². The summed E-state index contributed by atoms with van der Waals surface area (Å²) in [4.78, 5) is 45.2. The van der Waals surface area contributed by atoms with Gasteiger partial charge in [0.1, 0.15) is 18.0 Å². The smallest absolute Gasteiger partial charge is 0.480 e. The third-order valence-electron chi connectivity index (χ3n) is 6.44. The monoisotopic (exact) mass is 492 g/mol. The number of aromatic nitrogens is 1. The summed E-state index contributed by atoms with van der Waals surface area (Å²) < 4.78 is 5.15. The van der Waals surface area contributed by atoms with Crippen molar-refractivity contribution >= 4 is 23.8 Å². The van der Waals surface area contributed by atoms with Crippen LogP contribution in [0.4, 0.5) is 10.6 Å². The number of amides is 1. The number of rotatable bonds is 12. The number of nitrogens with one attached hydrogen (secondary N) is 2. The molecule has 194 valence electrons. The number of carboxylic acids is 1. The van der Waals surface area contributed by atoms with Crippen LogP contribution in [-0.2, 0) is 32.0 Å². The maximum atomic E-state index is 12.3. The Morgan fingerprint density at radius 1 is 1.31 bits per heavy atom. The van der Waals surface area contributed by atoms with Crippen molar-refractivity contribution in [2.75, 3.05) is 25.0 Å². The number of pyridine rings is 1. The summed E-state index contributed by atoms with van der Waals surface area (Å²) in [6.07, 6.45) is 3.41. The fourth-order valence-electron chi connectivity index (χ4n) is 4.48. The minimum absolute atomic E-state index is 0.0860. The molecule has 3 rings (SSSR count). The molecule has 1 aliphatic heterocycles. The van der Waals surface area contributed by atoms with Crippen molar-refractivity contribution in [2.24, 2.45) is 5.92 Å². The largest absolute Gasteiger partial charge is 0.528 e. The van der Waals surface area contributed by atoms with Gasteiger partial charge in [-0.1, -0.05) is 6.07 Å². The third kappa shape index (κ3) is 7.79. The SMILES string of the molecule is CC(=O)NC[C@@H](C)OC(=O)ON(C1CC(CCc2ccc3c(n2)NCCC3)C1)[C@@H](CCO)C(=O)O. The second kappa shape index (κ2) is 12.7. The number of fused-ring (bicyclic) bond motifs is 1. The molecular formula is C24H36N4O7. The Morgan fingerprint density at radius 3 is 2.77 bits per heavy atom. The van der Waals surface area contributed by atoms with Gasteiger partial charge in [0.25, 0.3) is 0 Å². The molecular weight excluding hydrogens is 456 g/mol. The molecule has 1 amide bonds. The van der Waals surface area contributed by atoms with Crippen molar-refractivity contribution in [2.45, 2.75) is 77.0 Å². The van der Waals surface area contributed by atoms with Gasteiger partial charge in [0.15, 0.2) is 0 Å². The second-order valence-electron chi connectivity index (χ2n) is 9.30. The fourth-order valence-corrected chi connectivity index (χ4v) is 4.48. The number of carbonyl (C=O) groups excluding carboxylic acids is 2. The van der Waals surface area contributed by atoms with E-state index >= 15 is 0 Å². The van der Waals surface area contributed by atoms with E-state index in [2.05, 4.69) is 22.8 Å². The Morgan fingerprint density at radius 2 is 2.09 bits per heavy atom. The zero-order valence-electron chi connectivity index (χ0n) is 20.4. The van der Waals surface area contributed by atoms with Crippen LogP contribution in [0.5, 0.6) is 0 Å². The molecule has 2 atom stereocenters. The standard InChI is InChI=1S/C24H36N4O7/c1-15(14-26-16(2)30)34-24(33)35-28(21(9-11-29)23(31)32)20-12-17(13-20)5-7-19-8-6-18-4-3-10-25-22(18)27-19/h6,8,15,17,20-21,29H,3-5,7,9-14H2,1-2H3,(H,25,27)(H,26,30)(H,31,32)/t15-,17?,20?,21+/m1/s1. The lowest BCUT2D eigenvalue weighted by molar-refractivity contribution is -0.215. The highest BCUT2D eigenvalue weighted by molar-refractivity contribution is 5.74. The van der Waals surface area contributed by atoms with E-state index in [1.165, 1.54) is 12.5 Å². The average molecular weight is 493 g/mol. The number of aliphatic carboxylic acids is 1. The lowest BCUT2D eigenvalue weighted by Crippen LogP contribution is -2.53. The Kier molecular flexibility index (Phi) is 9.67. The van der Waals surface area contributed by atoms with E-state index in [9.17, 15) is 24.6 Å². The maximum Gasteiger partial charge on any atom is 0.528 e. The Hall–Kier alpha value is -2.92. The number of hydrogen-bond donors (Lipinski definition) is 4. The van der Waals surface area contributed by atoms with Gasteiger partial charge in [-0.3, -0.25) is 9.59 Å². The number of aliphatic hydroxyl groups is 1. The Balaban J connectivity index is 1.54. The number of ether oxygens (including phenoxy) is 1. The van der Waals surface area contributed by atoms with E-state index in [0.717, 1.165) is 48.8 Å². The van der Waals surface area contributed by atoms with Gasteiger partial charge < -0.3 is 30.4 Å². The summed E-state index contributed by atoms with van der Waals surface area (Å²) in [6, 6.07) is 2.73. The molecule has 0 spiro atoms. The molecule has 1 fully saturated rings. The van der Waals surface area contributed by atoms with Gasteiger partial charge in [0.2, 0.25) is 5.91 Å². The normalized spacial score (nSPS) is 20.6. The van der Waals surface area contributed by atoms with Crippen molar-refractivity contribution in [1.82, 2.24) is 15.4 Å². The molecule has 1 aromatic heterocycles. The number of carboxylic acid groups (broad SMARTS) is 1. The van der Waals surface area contributed by atoms with Crippen molar-refractivity contribution in [3.63, 3.8) is 0 Å². The number of carbonyl (C=O) groups is 3. The number of hydroxylamine groups is 2. The van der Waals surface area contributed by atoms with Gasteiger partial charge in [-0.05, 0) is 69.4 Å². The molecule has 0 saturated heterocycles. The molecule has 2 heterocycles. The Labute approximate surface area is 205 Å². The minimum atomic E-state index is -1.19. The van der Waals surface area contributed by atoms with Crippen molar-refractivity contribution in [3.8, 4) is 0 Å². The maximum absolute atomic E-state index is 12.3. The van der Waals surface area contributed by atoms with Crippen LogP contribution >= 0.6 is 0 Å². The van der Waals surface area contributed by atoms with Crippen molar-refractivity contribution in [1.29, 1.82) is 0 Å². The van der Waals surface area contributed by atoms with E-state index in [1.54, 1.807) is 6.92 Å². The number of anilines is 1. The predicted octanol–water partition coefficient (Wildman–Crippen LogP) is 1.88. The summed E-state index contributed by atoms with van der Waals surface area (Å²) in [5.41, 5.74) is 2.27. The number of aliphatic hydroxyl groups excluding tert-OH is 1. The van der Waals surface area contributed by atoms with Gasteiger partial charge in [0.05, 0.1) is 6.54 Å². The van der Waals surface area contributed by atoms with Gasteiger partial charge in [0, 0.05) is 31.8 Å². The Bertz CT molecular complexity index is 891. The molecule has 1 aliphatic carbocycles. The summed E-state index contributed by atoms with van der Waals surface area (Å²) in [6.45, 7) is 3.63. The molecule has 0 bridgehead atoms. The summed E-state index contributed by atoms with van der Waals surface area (Å²) in [7, 11) is 0. The number of aryl methyl sites for hydroxylation is 2. The van der Waals surface area contributed by atoms with Crippen molar-refractivity contribution in [3.05, 3.63) is 23.4 Å². The molecule has 0 unspecified atom stereocenters. The first kappa shape index (κ1) is 26.7. The van der Waals surface area contributed by atoms with Crippen LogP contribution in [0.2, 0.25) is 0 Å². The topological polar surface area (TPSA) is 150 Å². The molecule has 11 nitrogen and oxygen atoms in total. The van der Waals surface area contributed by atoms with Crippen LogP contribution in [0.1, 0.15) is 57.2 Å². The molecule has 4 N–H and O–H groups in total. The average Bonchev–Trinajstić information content (AvgIpc) is 2.79. The minimum Gasteiger partial charge on any atom is -0.480 e. The van der Waals surface area contributed by atoms with Crippen LogP contribution < -0.4 is 10.6 Å². The molecule has 11 heteroatoms. The summed E-state index contributed by atoms with van der Waals surface area (Å²) in [5, 5.41) is 26.0. The van der Waals surface area contributed by atoms with Crippen molar-refractivity contribution < 1.29 is 34.2 Å². The van der Waals surface area contributed by atoms with Crippen LogP contribution in [0.3, 0.4) is 0 Å². The summed E-state index contributed by atoms with van der Waals surface area (Å²) >= 11 is 0. The van der Waals surface area contributed by atoms with Gasteiger partial charge in [-0.2, -0.15) is 0 Å². The van der Waals surface area contributed by atoms with Crippen LogP contribution in [-0.4, -0.2) is 76.2 Å². The molecule has 0 aromatic carbocycles. The van der Waals surface area contributed by atoms with E-state index in [0.29, 0.717) is 18.8 Å². The fraction of sp³-hybridized carbons (Fsp3) is 0.667. The lowest BCUT2D eigenvalue weighted by atomic mass is 9.76. The lowest BCUT2D eigenvalue weighted by Gasteiger charge is -2.43. The zero-order valence-corrected chi connectivity index (χ0v) is 20.4. The van der Waals surface area contributed by atoms with E-state index in [-0.39, 0.29) is 31.5 Å². The van der Waals surface area contributed by atoms with Crippen LogP contribution in [0.25, 0.3) is 0 Å². The zero-order chi connectivity index (χ0) is 25.4. The molecule has 0 radical (unpaired) electrons. The van der Waals surface area contributed by atoms with Gasteiger partial charge in [-0.25, -0.2) is 9.78 Å². The van der Waals surface area contributed by atoms with E-state index < -0.39 is 24.3 Å². The quantitative estimate of drug-likeness (QED) is 0.251. The van der Waals surface area contributed by atoms with Crippen LogP contribution in [0, 0.1) is 5.92 Å². The van der Waals surface area contributed by atoms with Gasteiger partial charge >= 0.3 is 12.1 Å². The molecule has 1 aromatic rings. The first-order valence-corrected chi connectivity index (χ1v) is 12.2. The molecule has 1 saturated carbocycles. The highest BCUT2D eigenvalue weighted by Crippen LogP contribution is 2.37. The first-order valence-electron chi connectivity index (χ1n) is 12.2. The molecule has 35 heavy (non-hydrogen) atoms. The first-order chi connectivity index (χ1) is 16.8. The third-order valence-corrected chi connectivity index (χ3v) is 6.44. The summed E-state index contributed by atoms with van der Waals surface area (Å²) in [5.74, 6) is -0.131. The number of nitrogens with zero attached hydrogens (tertiary/aromatic N) is 2. The highest BCUT2D eigenvalue weighted by atomic mass is 16.8. The number of hydrogen-bond acceptors (Lipinski definition) is 9. The van der Waals surface area contributed by atoms with E-state index in [4.69, 9.17) is 14.6 Å². The predicted molar refractivity (Wildman–Crippen MR) is 127 cm³/mol. The second-order valence-corrected chi connectivity index (χ2v) is 9.30.